The third kappa shape index (κ3) is 1.54. The van der Waals surface area contributed by atoms with Gasteiger partial charge in [-0.05, 0) is 0 Å². The zero-order chi connectivity index (χ0) is 4.41. The Labute approximate surface area is 50.5 Å². The van der Waals surface area contributed by atoms with Crippen molar-refractivity contribution in [1.29, 1.82) is 0 Å². The van der Waals surface area contributed by atoms with Crippen LogP contribution in [0.15, 0.2) is 10.9 Å². The van der Waals surface area contributed by atoms with Gasteiger partial charge < -0.3 is 17.0 Å². The summed E-state index contributed by atoms with van der Waals surface area (Å²) in [4.78, 5) is 2.50. The summed E-state index contributed by atoms with van der Waals surface area (Å²) in [6.45, 7) is 0. The van der Waals surface area contributed by atoms with Gasteiger partial charge in [0.2, 0.25) is 0 Å². The number of nitrogen functional groups attached to an aromatic ring is 1. The molecule has 40 valence electrons. The maximum atomic E-state index is 4.99. The van der Waals surface area contributed by atoms with Crippen LogP contribution in [0.5, 0.6) is 0 Å². The third-order valence-corrected chi connectivity index (χ3v) is 0.411. The number of H-pyrrole nitrogens is 1. The quantitative estimate of drug-likeness (QED) is 0.428. The van der Waals surface area contributed by atoms with Gasteiger partial charge in [0.15, 0.2) is 0 Å². The maximum Gasteiger partial charge on any atom is 0.430 e. The Bertz CT molecular complexity index is 116. The van der Waals surface area contributed by atoms with Crippen LogP contribution in [-0.2, 0) is 0 Å². The van der Waals surface area contributed by atoms with Crippen molar-refractivity contribution in [1.82, 2.24) is 5.16 Å². The number of nitrogens with zero attached hydrogens (tertiary/aromatic N) is 1. The molecular formula is C2H4BrN3O. The number of nitrogens with two attached hydrogens (primary N) is 1. The molecule has 1 aromatic heterocycles. The Morgan fingerprint density at radius 1 is 1.86 bits per heavy atom. The topological polar surface area (TPSA) is 66.2 Å². The van der Waals surface area contributed by atoms with Gasteiger partial charge in [-0.2, -0.15) is 0 Å². The molecule has 1 rings (SSSR count). The van der Waals surface area contributed by atoms with Crippen molar-refractivity contribution in [3.63, 3.8) is 0 Å². The molecule has 0 saturated heterocycles. The molecule has 0 atom stereocenters. The monoisotopic (exact) mass is 165 g/mol. The van der Waals surface area contributed by atoms with E-state index in [1.807, 2.05) is 0 Å². The number of hydrogen-bond donors (Lipinski definition) is 1. The minimum atomic E-state index is 0. The summed E-state index contributed by atoms with van der Waals surface area (Å²) in [5.74, 6) is 0. The summed E-state index contributed by atoms with van der Waals surface area (Å²) in [7, 11) is 0. The number of rotatable bonds is 0. The predicted octanol–water partition coefficient (Wildman–Crippen LogP) is -3.93. The van der Waals surface area contributed by atoms with E-state index in [0.717, 1.165) is 0 Å². The summed E-state index contributed by atoms with van der Waals surface area (Å²) in [6, 6.07) is 0.231. The lowest BCUT2D eigenvalue weighted by Gasteiger charge is -1.57. The van der Waals surface area contributed by atoms with E-state index in [-0.39, 0.29) is 23.0 Å². The molecule has 3 N–H and O–H groups in total. The Morgan fingerprint density at radius 3 is 2.71 bits per heavy atom. The standard InChI is InChI=1S/C2H3N3O.BrH/c3-2-4-1-5-6-2;/h1H,(H2,3,4,5);1H. The molecule has 0 bridgehead atoms. The molecule has 0 spiro atoms. The largest absolute Gasteiger partial charge is 1.00 e. The van der Waals surface area contributed by atoms with Crippen molar-refractivity contribution in [3.05, 3.63) is 6.33 Å². The van der Waals surface area contributed by atoms with Gasteiger partial charge in [0.05, 0.1) is 5.16 Å². The van der Waals surface area contributed by atoms with E-state index in [4.69, 9.17) is 5.73 Å². The fraction of sp³-hybridized carbons (Fsp3) is 0. The van der Waals surface area contributed by atoms with Crippen molar-refractivity contribution in [2.24, 2.45) is 0 Å². The Balaban J connectivity index is 0.000000360. The summed E-state index contributed by atoms with van der Waals surface area (Å²) < 4.78 is 4.31. The van der Waals surface area contributed by atoms with Crippen LogP contribution in [0.3, 0.4) is 0 Å². The van der Waals surface area contributed by atoms with Gasteiger partial charge in [0.1, 0.15) is 0 Å². The second-order valence-electron chi connectivity index (χ2n) is 0.834. The molecule has 0 aliphatic heterocycles. The van der Waals surface area contributed by atoms with Crippen LogP contribution in [0.2, 0.25) is 0 Å². The van der Waals surface area contributed by atoms with E-state index in [0.29, 0.717) is 0 Å². The highest BCUT2D eigenvalue weighted by molar-refractivity contribution is 4.90. The molecule has 7 heavy (non-hydrogen) atoms. The summed E-state index contributed by atoms with van der Waals surface area (Å²) in [5, 5.41) is 3.27. The summed E-state index contributed by atoms with van der Waals surface area (Å²) >= 11 is 0. The molecule has 0 fully saturated rings. The Morgan fingerprint density at radius 2 is 2.57 bits per heavy atom. The number of nitrogens with one attached hydrogen (secondary N) is 1. The minimum Gasteiger partial charge on any atom is -1.00 e. The first-order valence-corrected chi connectivity index (χ1v) is 1.47. The average molecular weight is 166 g/mol. The van der Waals surface area contributed by atoms with E-state index in [1.165, 1.54) is 6.33 Å². The van der Waals surface area contributed by atoms with Crippen LogP contribution < -0.4 is 27.7 Å². The Hall–Kier alpha value is -0.580. The molecular weight excluding hydrogens is 162 g/mol. The summed E-state index contributed by atoms with van der Waals surface area (Å²) in [5.41, 5.74) is 4.99. The van der Waals surface area contributed by atoms with E-state index < -0.39 is 0 Å². The molecule has 0 unspecified atom stereocenters. The number of aromatic amines is 1. The molecule has 1 heterocycles. The number of hydrogen-bond acceptors (Lipinski definition) is 3. The zero-order valence-corrected chi connectivity index (χ0v) is 4.97. The van der Waals surface area contributed by atoms with Crippen molar-refractivity contribution in [3.8, 4) is 0 Å². The first-order valence-electron chi connectivity index (χ1n) is 1.47. The molecule has 1 aromatic rings. The van der Waals surface area contributed by atoms with Gasteiger partial charge in [-0.15, -0.1) is 0 Å². The lowest BCUT2D eigenvalue weighted by Crippen LogP contribution is -3.00. The third-order valence-electron chi connectivity index (χ3n) is 0.411. The van der Waals surface area contributed by atoms with Gasteiger partial charge in [-0.25, -0.2) is 9.51 Å². The fourth-order valence-corrected chi connectivity index (χ4v) is 0.199. The number of aromatic nitrogens is 2. The molecule has 0 amide bonds. The van der Waals surface area contributed by atoms with E-state index in [2.05, 4.69) is 14.7 Å². The maximum absolute atomic E-state index is 4.99. The van der Waals surface area contributed by atoms with Crippen LogP contribution in [0.4, 0.5) is 6.01 Å². The van der Waals surface area contributed by atoms with Gasteiger partial charge in [0.25, 0.3) is 6.33 Å². The average Bonchev–Trinajstić information content (AvgIpc) is 1.86. The molecule has 4 nitrogen and oxygen atoms in total. The van der Waals surface area contributed by atoms with Crippen LogP contribution >= 0.6 is 0 Å². The molecule has 0 aliphatic carbocycles. The smallest absolute Gasteiger partial charge is 0.430 e. The van der Waals surface area contributed by atoms with Gasteiger partial charge in [0, 0.05) is 0 Å². The summed E-state index contributed by atoms with van der Waals surface area (Å²) in [6.07, 6.45) is 1.37. The molecule has 5 heteroatoms. The second-order valence-corrected chi connectivity index (χ2v) is 0.834. The van der Waals surface area contributed by atoms with Crippen molar-refractivity contribution < 1.29 is 26.5 Å². The highest BCUT2D eigenvalue weighted by Gasteiger charge is 1.89. The van der Waals surface area contributed by atoms with Crippen molar-refractivity contribution in [2.45, 2.75) is 0 Å². The lowest BCUT2D eigenvalue weighted by molar-refractivity contribution is -0.364. The molecule has 0 aliphatic rings. The molecule has 0 radical (unpaired) electrons. The van der Waals surface area contributed by atoms with Crippen molar-refractivity contribution >= 4 is 6.01 Å². The van der Waals surface area contributed by atoms with E-state index in [9.17, 15) is 0 Å². The van der Waals surface area contributed by atoms with Crippen LogP contribution in [0.25, 0.3) is 0 Å². The fourth-order valence-electron chi connectivity index (χ4n) is 0.199. The van der Waals surface area contributed by atoms with Crippen LogP contribution in [-0.4, -0.2) is 5.16 Å². The van der Waals surface area contributed by atoms with Gasteiger partial charge in [-0.3, -0.25) is 5.73 Å². The van der Waals surface area contributed by atoms with Gasteiger partial charge >= 0.3 is 6.01 Å². The van der Waals surface area contributed by atoms with Crippen LogP contribution in [0.1, 0.15) is 0 Å². The minimum absolute atomic E-state index is 0. The molecule has 0 saturated carbocycles. The van der Waals surface area contributed by atoms with Crippen molar-refractivity contribution in [2.75, 3.05) is 5.73 Å². The Kier molecular flexibility index (Phi) is 2.36. The lowest BCUT2D eigenvalue weighted by atomic mass is 11.2. The SMILES string of the molecule is Nc1[nH+]cno1.[Br-]. The first-order chi connectivity index (χ1) is 2.89. The molecule has 0 aromatic carbocycles. The van der Waals surface area contributed by atoms with Gasteiger partial charge in [-0.1, -0.05) is 0 Å². The van der Waals surface area contributed by atoms with E-state index in [1.54, 1.807) is 0 Å². The highest BCUT2D eigenvalue weighted by atomic mass is 79.9. The highest BCUT2D eigenvalue weighted by Crippen LogP contribution is 1.76. The number of anilines is 1. The predicted molar refractivity (Wildman–Crippen MR) is 17.5 cm³/mol. The number of halogens is 1. The second kappa shape index (κ2) is 2.57. The van der Waals surface area contributed by atoms with E-state index >= 15 is 0 Å². The first kappa shape index (κ1) is 6.42. The normalized spacial score (nSPS) is 7.43. The zero-order valence-electron chi connectivity index (χ0n) is 3.39. The van der Waals surface area contributed by atoms with Crippen LogP contribution in [0, 0.1) is 0 Å².